The number of carbonyl (C=O) groups is 1. The number of fused-ring (bicyclic) bond motifs is 1. The molecule has 1 atom stereocenters. The summed E-state index contributed by atoms with van der Waals surface area (Å²) < 4.78 is 1.88. The quantitative estimate of drug-likeness (QED) is 0.823. The van der Waals surface area contributed by atoms with E-state index in [1.807, 2.05) is 22.7 Å². The van der Waals surface area contributed by atoms with E-state index in [1.165, 1.54) is 12.1 Å². The molecule has 1 fully saturated rings. The predicted octanol–water partition coefficient (Wildman–Crippen LogP) is 1.81. The molecule has 1 saturated heterocycles. The lowest BCUT2D eigenvalue weighted by atomic mass is 9.96. The van der Waals surface area contributed by atoms with Crippen molar-refractivity contribution in [2.24, 2.45) is 0 Å². The van der Waals surface area contributed by atoms with Crippen LogP contribution in [-0.4, -0.2) is 50.2 Å². The number of nitrogens with zero attached hydrogens (tertiary/aromatic N) is 4. The van der Waals surface area contributed by atoms with Gasteiger partial charge in [0, 0.05) is 37.3 Å². The molecule has 1 unspecified atom stereocenters. The molecule has 144 valence electrons. The summed E-state index contributed by atoms with van der Waals surface area (Å²) in [4.78, 5) is 22.4. The number of aromatic amines is 1. The summed E-state index contributed by atoms with van der Waals surface area (Å²) in [7, 11) is 0. The van der Waals surface area contributed by atoms with E-state index in [4.69, 9.17) is 0 Å². The number of imidazole rings is 1. The van der Waals surface area contributed by atoms with Crippen LogP contribution in [0.2, 0.25) is 0 Å². The number of aromatic nitrogens is 4. The Balaban J connectivity index is 0.00000121. The minimum Gasteiger partial charge on any atom is -0.344 e. The first-order valence-electron chi connectivity index (χ1n) is 8.75. The Kier molecular flexibility index (Phi) is 7.08. The van der Waals surface area contributed by atoms with E-state index in [-0.39, 0.29) is 30.7 Å². The zero-order chi connectivity index (χ0) is 16.5. The van der Waals surface area contributed by atoms with Crippen molar-refractivity contribution in [1.82, 2.24) is 30.0 Å². The Morgan fingerprint density at radius 1 is 1.38 bits per heavy atom. The topological polar surface area (TPSA) is 78.8 Å². The van der Waals surface area contributed by atoms with Gasteiger partial charge in [-0.05, 0) is 32.4 Å². The van der Waals surface area contributed by atoms with Gasteiger partial charge in [-0.3, -0.25) is 9.48 Å². The molecule has 1 amide bonds. The maximum absolute atomic E-state index is 12.7. The second-order valence-electron chi connectivity index (χ2n) is 6.77. The molecule has 2 aliphatic heterocycles. The molecule has 2 aromatic heterocycles. The Hall–Kier alpha value is -1.57. The molecular formula is C17H26Cl2N6O. The van der Waals surface area contributed by atoms with Crippen LogP contribution >= 0.6 is 24.8 Å². The molecule has 0 aliphatic carbocycles. The van der Waals surface area contributed by atoms with Crippen LogP contribution in [0.5, 0.6) is 0 Å². The first-order chi connectivity index (χ1) is 11.7. The van der Waals surface area contributed by atoms with Gasteiger partial charge in [-0.1, -0.05) is 0 Å². The Morgan fingerprint density at radius 3 is 3.00 bits per heavy atom. The zero-order valence-corrected chi connectivity index (χ0v) is 16.5. The summed E-state index contributed by atoms with van der Waals surface area (Å²) in [6, 6.07) is 2.05. The molecule has 0 radical (unpaired) electrons. The van der Waals surface area contributed by atoms with Gasteiger partial charge in [-0.15, -0.1) is 24.8 Å². The van der Waals surface area contributed by atoms with Crippen LogP contribution in [0.25, 0.3) is 0 Å². The minimum atomic E-state index is 0. The molecule has 0 saturated carbocycles. The van der Waals surface area contributed by atoms with E-state index in [1.54, 1.807) is 0 Å². The molecule has 0 spiro atoms. The first-order valence-corrected chi connectivity index (χ1v) is 8.75. The summed E-state index contributed by atoms with van der Waals surface area (Å²) >= 11 is 0. The van der Waals surface area contributed by atoms with Crippen LogP contribution in [0, 0.1) is 6.92 Å². The van der Waals surface area contributed by atoms with Crippen LogP contribution in [0.4, 0.5) is 0 Å². The van der Waals surface area contributed by atoms with Crippen molar-refractivity contribution in [1.29, 1.82) is 0 Å². The van der Waals surface area contributed by atoms with Gasteiger partial charge in [0.15, 0.2) is 0 Å². The molecule has 4 heterocycles. The van der Waals surface area contributed by atoms with Crippen molar-refractivity contribution in [3.63, 3.8) is 0 Å². The number of amides is 1. The van der Waals surface area contributed by atoms with Crippen molar-refractivity contribution in [3.05, 3.63) is 35.2 Å². The molecule has 2 aromatic rings. The summed E-state index contributed by atoms with van der Waals surface area (Å²) in [6.45, 7) is 5.69. The molecule has 2 N–H and O–H groups in total. The lowest BCUT2D eigenvalue weighted by molar-refractivity contribution is -0.133. The van der Waals surface area contributed by atoms with E-state index in [2.05, 4.69) is 26.4 Å². The minimum absolute atomic E-state index is 0. The van der Waals surface area contributed by atoms with Crippen LogP contribution in [0.1, 0.15) is 41.7 Å². The number of hydrogen-bond acceptors (Lipinski definition) is 4. The average Bonchev–Trinajstić information content (AvgIpc) is 3.20. The van der Waals surface area contributed by atoms with Crippen LogP contribution < -0.4 is 5.32 Å². The monoisotopic (exact) mass is 400 g/mol. The van der Waals surface area contributed by atoms with Gasteiger partial charge in [0.25, 0.3) is 0 Å². The third-order valence-corrected chi connectivity index (χ3v) is 5.05. The van der Waals surface area contributed by atoms with Gasteiger partial charge in [-0.25, -0.2) is 4.98 Å². The molecule has 7 nitrogen and oxygen atoms in total. The number of carbonyl (C=O) groups excluding carboxylic acids is 1. The van der Waals surface area contributed by atoms with Crippen LogP contribution in [-0.2, 0) is 24.3 Å². The maximum atomic E-state index is 12.7. The van der Waals surface area contributed by atoms with Gasteiger partial charge < -0.3 is 15.2 Å². The zero-order valence-electron chi connectivity index (χ0n) is 14.9. The molecule has 0 bridgehead atoms. The van der Waals surface area contributed by atoms with Crippen LogP contribution in [0.15, 0.2) is 12.3 Å². The van der Waals surface area contributed by atoms with Gasteiger partial charge in [-0.2, -0.15) is 5.10 Å². The van der Waals surface area contributed by atoms with E-state index in [9.17, 15) is 4.79 Å². The number of halogens is 2. The number of H-pyrrole nitrogens is 1. The normalized spacial score (nSPS) is 19.3. The second-order valence-corrected chi connectivity index (χ2v) is 6.77. The molecular weight excluding hydrogens is 375 g/mol. The third-order valence-electron chi connectivity index (χ3n) is 5.05. The maximum Gasteiger partial charge on any atom is 0.244 e. The Morgan fingerprint density at radius 2 is 2.23 bits per heavy atom. The van der Waals surface area contributed by atoms with E-state index in [0.29, 0.717) is 19.0 Å². The lowest BCUT2D eigenvalue weighted by Gasteiger charge is -2.27. The Bertz CT molecular complexity index is 737. The third kappa shape index (κ3) is 4.22. The highest BCUT2D eigenvalue weighted by Gasteiger charge is 2.25. The number of nitrogens with one attached hydrogen (secondary N) is 2. The van der Waals surface area contributed by atoms with Gasteiger partial charge >= 0.3 is 0 Å². The fourth-order valence-corrected chi connectivity index (χ4v) is 3.80. The van der Waals surface area contributed by atoms with Gasteiger partial charge in [0.2, 0.25) is 5.91 Å². The number of hydrogen-bond donors (Lipinski definition) is 2. The summed E-state index contributed by atoms with van der Waals surface area (Å²) in [6.07, 6.45) is 4.97. The fraction of sp³-hybridized carbons (Fsp3) is 0.588. The standard InChI is InChI=1S/C17H24N6O.2ClH/c1-12-20-14-5-8-22(10-15(14)21-12)17(24)11-23-16(4-7-19-23)13-3-2-6-18-9-13;;/h4,7,13,18H,2-3,5-6,8-11H2,1H3,(H,20,21);2*1H. The predicted molar refractivity (Wildman–Crippen MR) is 104 cm³/mol. The number of piperidine rings is 1. The van der Waals surface area contributed by atoms with E-state index in [0.717, 1.165) is 49.7 Å². The smallest absolute Gasteiger partial charge is 0.244 e. The highest BCUT2D eigenvalue weighted by Crippen LogP contribution is 2.23. The van der Waals surface area contributed by atoms with Crippen molar-refractivity contribution < 1.29 is 4.79 Å². The average molecular weight is 401 g/mol. The highest BCUT2D eigenvalue weighted by molar-refractivity contribution is 5.85. The SMILES string of the molecule is Cc1nc2c([nH]1)CN(C(=O)Cn1nccc1C1CCCNC1)CC2.Cl.Cl. The second kappa shape index (κ2) is 8.88. The molecule has 4 rings (SSSR count). The summed E-state index contributed by atoms with van der Waals surface area (Å²) in [5.74, 6) is 1.51. The van der Waals surface area contributed by atoms with E-state index >= 15 is 0 Å². The van der Waals surface area contributed by atoms with Gasteiger partial charge in [0.05, 0.1) is 17.9 Å². The molecule has 0 aromatic carbocycles. The van der Waals surface area contributed by atoms with E-state index < -0.39 is 0 Å². The summed E-state index contributed by atoms with van der Waals surface area (Å²) in [5, 5.41) is 7.83. The van der Waals surface area contributed by atoms with Crippen molar-refractivity contribution in [2.45, 2.75) is 45.2 Å². The van der Waals surface area contributed by atoms with Gasteiger partial charge in [0.1, 0.15) is 12.4 Å². The summed E-state index contributed by atoms with van der Waals surface area (Å²) in [5.41, 5.74) is 3.35. The first kappa shape index (κ1) is 20.7. The Labute approximate surface area is 165 Å². The highest BCUT2D eigenvalue weighted by atomic mass is 35.5. The molecule has 26 heavy (non-hydrogen) atoms. The van der Waals surface area contributed by atoms with Crippen LogP contribution in [0.3, 0.4) is 0 Å². The van der Waals surface area contributed by atoms with Crippen molar-refractivity contribution in [3.8, 4) is 0 Å². The largest absolute Gasteiger partial charge is 0.344 e. The lowest BCUT2D eigenvalue weighted by Crippen LogP contribution is -2.39. The fourth-order valence-electron chi connectivity index (χ4n) is 3.80. The molecule has 9 heteroatoms. The van der Waals surface area contributed by atoms with Crippen molar-refractivity contribution >= 4 is 30.7 Å². The number of rotatable bonds is 3. The number of aryl methyl sites for hydroxylation is 1. The van der Waals surface area contributed by atoms with Crippen molar-refractivity contribution in [2.75, 3.05) is 19.6 Å². The molecule has 2 aliphatic rings.